The molecule has 0 spiro atoms. The first kappa shape index (κ1) is 17.7. The van der Waals surface area contributed by atoms with E-state index in [1.807, 2.05) is 33.8 Å². The summed E-state index contributed by atoms with van der Waals surface area (Å²) >= 11 is 0. The summed E-state index contributed by atoms with van der Waals surface area (Å²) in [6.07, 6.45) is 0.226. The highest BCUT2D eigenvalue weighted by Gasteiger charge is 2.35. The van der Waals surface area contributed by atoms with Gasteiger partial charge in [0.25, 0.3) is 0 Å². The third-order valence-electron chi connectivity index (χ3n) is 4.20. The molecule has 1 aromatic carbocycles. The van der Waals surface area contributed by atoms with Crippen LogP contribution >= 0.6 is 0 Å². The maximum atomic E-state index is 13.2. The fraction of sp³-hybridized carbons (Fsp3) is 0.611. The lowest BCUT2D eigenvalue weighted by Crippen LogP contribution is -2.43. The second kappa shape index (κ2) is 6.11. The van der Waals surface area contributed by atoms with Crippen LogP contribution in [0.25, 0.3) is 0 Å². The molecule has 0 aromatic heterocycles. The van der Waals surface area contributed by atoms with E-state index in [1.165, 1.54) is 6.92 Å². The molecular weight excluding hydrogens is 297 g/mol. The molecule has 128 valence electrons. The molecule has 0 unspecified atom stereocenters. The average molecular weight is 323 g/mol. The minimum absolute atomic E-state index is 0.177. The van der Waals surface area contributed by atoms with Gasteiger partial charge in [-0.3, -0.25) is 0 Å². The number of aliphatic hydroxyl groups is 1. The summed E-state index contributed by atoms with van der Waals surface area (Å²) in [5.74, 6) is 0. The second-order valence-electron chi connectivity index (χ2n) is 7.38. The van der Waals surface area contributed by atoms with Gasteiger partial charge in [-0.2, -0.15) is 0 Å². The van der Waals surface area contributed by atoms with Crippen LogP contribution in [0.15, 0.2) is 18.2 Å². The van der Waals surface area contributed by atoms with Gasteiger partial charge < -0.3 is 14.7 Å². The van der Waals surface area contributed by atoms with Crippen LogP contribution in [0.2, 0.25) is 0 Å². The van der Waals surface area contributed by atoms with Gasteiger partial charge in [0.15, 0.2) is 0 Å². The summed E-state index contributed by atoms with van der Waals surface area (Å²) in [5, 5.41) is 10.3. The largest absolute Gasteiger partial charge is 0.444 e. The molecule has 2 rings (SSSR count). The van der Waals surface area contributed by atoms with Crippen LogP contribution in [0.3, 0.4) is 0 Å². The number of fused-ring (bicyclic) bond motifs is 1. The van der Waals surface area contributed by atoms with Crippen LogP contribution in [0.4, 0.5) is 9.18 Å². The lowest BCUT2D eigenvalue weighted by Gasteiger charge is -2.38. The van der Waals surface area contributed by atoms with Gasteiger partial charge in [0.1, 0.15) is 17.9 Å². The Kier molecular flexibility index (Phi) is 4.71. The second-order valence-corrected chi connectivity index (χ2v) is 7.38. The van der Waals surface area contributed by atoms with Crippen molar-refractivity contribution in [2.24, 2.45) is 0 Å². The number of hydrogen-bond acceptors (Lipinski definition) is 3. The molecule has 0 saturated carbocycles. The molecule has 0 aliphatic carbocycles. The van der Waals surface area contributed by atoms with E-state index in [1.54, 1.807) is 17.0 Å². The predicted molar refractivity (Wildman–Crippen MR) is 87.0 cm³/mol. The Morgan fingerprint density at radius 3 is 2.61 bits per heavy atom. The fourth-order valence-electron chi connectivity index (χ4n) is 3.02. The Morgan fingerprint density at radius 2 is 2.04 bits per heavy atom. The van der Waals surface area contributed by atoms with E-state index in [4.69, 9.17) is 4.74 Å². The molecule has 0 bridgehead atoms. The molecule has 1 amide bonds. The van der Waals surface area contributed by atoms with Gasteiger partial charge in [-0.15, -0.1) is 0 Å². The van der Waals surface area contributed by atoms with Gasteiger partial charge in [0.05, 0.1) is 6.04 Å². The van der Waals surface area contributed by atoms with E-state index in [9.17, 15) is 14.3 Å². The topological polar surface area (TPSA) is 49.8 Å². The Labute approximate surface area is 137 Å². The monoisotopic (exact) mass is 323 g/mol. The molecule has 5 heteroatoms. The summed E-state index contributed by atoms with van der Waals surface area (Å²) in [5.41, 5.74) is 0.430. The molecule has 2 atom stereocenters. The first-order valence-electron chi connectivity index (χ1n) is 7.97. The van der Waals surface area contributed by atoms with Crippen LogP contribution in [0.1, 0.15) is 57.4 Å². The van der Waals surface area contributed by atoms with Crippen molar-refractivity contribution in [3.63, 3.8) is 0 Å². The molecule has 4 nitrogen and oxygen atoms in total. The van der Waals surface area contributed by atoms with Crippen LogP contribution < -0.4 is 0 Å². The lowest BCUT2D eigenvalue weighted by atomic mass is 9.84. The van der Waals surface area contributed by atoms with Gasteiger partial charge >= 0.3 is 6.09 Å². The number of carbonyl (C=O) groups is 1. The van der Waals surface area contributed by atoms with Crippen LogP contribution in [0, 0.1) is 0 Å². The molecule has 1 heterocycles. The van der Waals surface area contributed by atoms with E-state index in [0.717, 1.165) is 11.1 Å². The molecule has 0 radical (unpaired) electrons. The van der Waals surface area contributed by atoms with Crippen LogP contribution in [-0.4, -0.2) is 34.9 Å². The number of rotatable bonds is 2. The molecule has 0 fully saturated rings. The predicted octanol–water partition coefficient (Wildman–Crippen LogP) is 3.72. The van der Waals surface area contributed by atoms with Crippen molar-refractivity contribution in [2.75, 3.05) is 13.2 Å². The lowest BCUT2D eigenvalue weighted by molar-refractivity contribution is 0.0146. The van der Waals surface area contributed by atoms with Gasteiger partial charge in [-0.25, -0.2) is 9.18 Å². The zero-order valence-electron chi connectivity index (χ0n) is 14.5. The van der Waals surface area contributed by atoms with Gasteiger partial charge in [0.2, 0.25) is 0 Å². The van der Waals surface area contributed by atoms with Crippen LogP contribution in [0.5, 0.6) is 0 Å². The van der Waals surface area contributed by atoms with Crippen LogP contribution in [-0.2, 0) is 16.8 Å². The first-order chi connectivity index (χ1) is 10.6. The third-order valence-corrected chi connectivity index (χ3v) is 4.20. The smallest absolute Gasteiger partial charge is 0.410 e. The molecule has 1 aliphatic rings. The maximum Gasteiger partial charge on any atom is 0.410 e. The third kappa shape index (κ3) is 3.66. The van der Waals surface area contributed by atoms with E-state index in [2.05, 4.69) is 0 Å². The number of ether oxygens (including phenoxy) is 1. The molecule has 0 saturated heterocycles. The number of benzene rings is 1. The summed E-state index contributed by atoms with van der Waals surface area (Å²) < 4.78 is 18.6. The molecule has 1 aromatic rings. The Balaban J connectivity index is 2.33. The molecular formula is C18H26FNO3. The Morgan fingerprint density at radius 1 is 1.39 bits per heavy atom. The number of alkyl halides is 1. The first-order valence-corrected chi connectivity index (χ1v) is 7.97. The minimum Gasteiger partial charge on any atom is -0.444 e. The van der Waals surface area contributed by atoms with Gasteiger partial charge in [-0.1, -0.05) is 18.2 Å². The van der Waals surface area contributed by atoms with Crippen molar-refractivity contribution in [2.45, 2.75) is 58.3 Å². The van der Waals surface area contributed by atoms with Gasteiger partial charge in [-0.05, 0) is 57.7 Å². The van der Waals surface area contributed by atoms with Crippen molar-refractivity contribution in [1.29, 1.82) is 0 Å². The molecule has 23 heavy (non-hydrogen) atoms. The number of carbonyl (C=O) groups excluding carboxylic acids is 1. The van der Waals surface area contributed by atoms with Crippen molar-refractivity contribution < 1.29 is 19.0 Å². The summed E-state index contributed by atoms with van der Waals surface area (Å²) in [6, 6.07) is 5.31. The number of nitrogens with zero attached hydrogens (tertiary/aromatic N) is 1. The fourth-order valence-corrected chi connectivity index (χ4v) is 3.02. The average Bonchev–Trinajstić information content (AvgIpc) is 2.45. The van der Waals surface area contributed by atoms with E-state index in [-0.39, 0.29) is 12.1 Å². The summed E-state index contributed by atoms with van der Waals surface area (Å²) in [7, 11) is 0. The molecule has 1 N–H and O–H groups in total. The quantitative estimate of drug-likeness (QED) is 0.902. The van der Waals surface area contributed by atoms with Crippen molar-refractivity contribution in [3.05, 3.63) is 34.9 Å². The normalized spacial score (nSPS) is 20.7. The minimum atomic E-state index is -1.50. The molecule has 1 aliphatic heterocycles. The SMILES string of the molecule is C[C@H]1c2cccc([C@@](C)(O)CF)c2CCN1C(=O)OC(C)(C)C. The zero-order valence-corrected chi connectivity index (χ0v) is 14.5. The highest BCUT2D eigenvalue weighted by molar-refractivity contribution is 5.69. The Bertz CT molecular complexity index is 592. The number of amides is 1. The van der Waals surface area contributed by atoms with E-state index < -0.39 is 17.9 Å². The standard InChI is InChI=1S/C18H26FNO3/c1-12-13-7-6-8-15(18(5,22)11-19)14(13)9-10-20(12)16(21)23-17(2,3)4/h6-8,12,22H,9-11H2,1-5H3/t12-,18-/m0/s1. The van der Waals surface area contributed by atoms with Crippen molar-refractivity contribution in [1.82, 2.24) is 4.90 Å². The summed E-state index contributed by atoms with van der Waals surface area (Å²) in [6.45, 7) is 8.57. The zero-order chi connectivity index (χ0) is 17.4. The van der Waals surface area contributed by atoms with Crippen molar-refractivity contribution in [3.8, 4) is 0 Å². The number of hydrogen-bond donors (Lipinski definition) is 1. The summed E-state index contributed by atoms with van der Waals surface area (Å²) in [4.78, 5) is 14.0. The van der Waals surface area contributed by atoms with E-state index in [0.29, 0.717) is 18.5 Å². The van der Waals surface area contributed by atoms with E-state index >= 15 is 0 Å². The number of halogens is 1. The highest BCUT2D eigenvalue weighted by atomic mass is 19.1. The maximum absolute atomic E-state index is 13.2. The Hall–Kier alpha value is -1.62. The van der Waals surface area contributed by atoms with Gasteiger partial charge in [0, 0.05) is 6.54 Å². The highest BCUT2D eigenvalue weighted by Crippen LogP contribution is 2.36. The van der Waals surface area contributed by atoms with Crippen molar-refractivity contribution >= 4 is 6.09 Å².